The molecule has 2 aromatic carbocycles. The Morgan fingerprint density at radius 3 is 2.50 bits per heavy atom. The van der Waals surface area contributed by atoms with Gasteiger partial charge in [-0.25, -0.2) is 0 Å². The molecule has 0 aliphatic rings. The Morgan fingerprint density at radius 2 is 1.86 bits per heavy atom. The van der Waals surface area contributed by atoms with Crippen LogP contribution in [0.4, 0.5) is 5.82 Å². The Balaban J connectivity index is 2.26. The summed E-state index contributed by atoms with van der Waals surface area (Å²) in [4.78, 5) is 2.10. The number of aryl methyl sites for hydroxylation is 2. The minimum atomic E-state index is 0.878. The summed E-state index contributed by atoms with van der Waals surface area (Å²) < 4.78 is 7.24. The fraction of sp³-hybridized carbons (Fsp3) is 0.278. The van der Waals surface area contributed by atoms with E-state index in [1.54, 1.807) is 7.11 Å². The van der Waals surface area contributed by atoms with E-state index in [1.807, 2.05) is 31.9 Å². The molecule has 0 spiro atoms. The maximum atomic E-state index is 5.30. The second kappa shape index (κ2) is 5.37. The molecule has 1 aromatic heterocycles. The Morgan fingerprint density at radius 1 is 1.09 bits per heavy atom. The van der Waals surface area contributed by atoms with Crippen LogP contribution in [0, 0.1) is 6.92 Å². The third-order valence-electron chi connectivity index (χ3n) is 3.98. The summed E-state index contributed by atoms with van der Waals surface area (Å²) in [6.45, 7) is 2.10. The zero-order valence-corrected chi connectivity index (χ0v) is 13.7. The zero-order chi connectivity index (χ0) is 15.9. The Bertz CT molecular complexity index is 834. The predicted molar refractivity (Wildman–Crippen MR) is 91.8 cm³/mol. The zero-order valence-electron chi connectivity index (χ0n) is 13.7. The third-order valence-corrected chi connectivity index (χ3v) is 3.98. The van der Waals surface area contributed by atoms with Crippen LogP contribution in [0.2, 0.25) is 0 Å². The van der Waals surface area contributed by atoms with Gasteiger partial charge in [0.15, 0.2) is 0 Å². The molecule has 4 heteroatoms. The number of methoxy groups -OCH3 is 1. The van der Waals surface area contributed by atoms with Crippen molar-refractivity contribution in [1.29, 1.82) is 0 Å². The van der Waals surface area contributed by atoms with Gasteiger partial charge in [-0.15, -0.1) is 0 Å². The van der Waals surface area contributed by atoms with Gasteiger partial charge in [-0.3, -0.25) is 4.68 Å². The van der Waals surface area contributed by atoms with E-state index in [0.717, 1.165) is 22.6 Å². The van der Waals surface area contributed by atoms with Crippen molar-refractivity contribution in [2.75, 3.05) is 26.1 Å². The summed E-state index contributed by atoms with van der Waals surface area (Å²) in [5.41, 5.74) is 4.56. The van der Waals surface area contributed by atoms with E-state index in [-0.39, 0.29) is 0 Å². The molecule has 0 amide bonds. The number of benzene rings is 2. The maximum Gasteiger partial charge on any atom is 0.134 e. The van der Waals surface area contributed by atoms with Crippen LogP contribution < -0.4 is 9.64 Å². The van der Waals surface area contributed by atoms with E-state index in [0.29, 0.717) is 0 Å². The lowest BCUT2D eigenvalue weighted by Gasteiger charge is -2.12. The summed E-state index contributed by atoms with van der Waals surface area (Å²) in [6.07, 6.45) is 0. The number of aromatic nitrogens is 2. The molecule has 0 fully saturated rings. The SMILES string of the molecule is COc1ccc(-c2cccc3c(N(C)C)n(C)nc23)c(C)c1. The van der Waals surface area contributed by atoms with Gasteiger partial charge in [0.05, 0.1) is 7.11 Å². The van der Waals surface area contributed by atoms with E-state index in [4.69, 9.17) is 9.84 Å². The summed E-state index contributed by atoms with van der Waals surface area (Å²) in [7, 11) is 7.76. The average Bonchev–Trinajstić information content (AvgIpc) is 2.83. The highest BCUT2D eigenvalue weighted by Crippen LogP contribution is 2.35. The molecule has 3 aromatic rings. The average molecular weight is 295 g/mol. The van der Waals surface area contributed by atoms with Crippen molar-refractivity contribution < 1.29 is 4.74 Å². The molecule has 114 valence electrons. The van der Waals surface area contributed by atoms with E-state index in [9.17, 15) is 0 Å². The van der Waals surface area contributed by atoms with Gasteiger partial charge in [-0.1, -0.05) is 18.2 Å². The van der Waals surface area contributed by atoms with Crippen molar-refractivity contribution in [3.63, 3.8) is 0 Å². The summed E-state index contributed by atoms with van der Waals surface area (Å²) in [5.74, 6) is 1.99. The Hall–Kier alpha value is -2.49. The molecule has 0 radical (unpaired) electrons. The smallest absolute Gasteiger partial charge is 0.134 e. The second-order valence-corrected chi connectivity index (χ2v) is 5.72. The molecule has 4 nitrogen and oxygen atoms in total. The molecule has 0 saturated carbocycles. The van der Waals surface area contributed by atoms with Crippen LogP contribution in [0.5, 0.6) is 5.75 Å². The van der Waals surface area contributed by atoms with E-state index in [2.05, 4.69) is 42.2 Å². The number of nitrogens with zero attached hydrogens (tertiary/aromatic N) is 3. The molecule has 22 heavy (non-hydrogen) atoms. The van der Waals surface area contributed by atoms with Crippen molar-refractivity contribution in [2.45, 2.75) is 6.92 Å². The molecule has 0 bridgehead atoms. The molecule has 1 heterocycles. The van der Waals surface area contributed by atoms with E-state index < -0.39 is 0 Å². The van der Waals surface area contributed by atoms with E-state index >= 15 is 0 Å². The van der Waals surface area contributed by atoms with Crippen molar-refractivity contribution in [3.05, 3.63) is 42.0 Å². The lowest BCUT2D eigenvalue weighted by atomic mass is 9.98. The van der Waals surface area contributed by atoms with Crippen LogP contribution >= 0.6 is 0 Å². The molecule has 0 atom stereocenters. The highest BCUT2D eigenvalue weighted by atomic mass is 16.5. The molecule has 0 saturated heterocycles. The topological polar surface area (TPSA) is 30.3 Å². The lowest BCUT2D eigenvalue weighted by Crippen LogP contribution is -2.13. The van der Waals surface area contributed by atoms with Crippen LogP contribution in [0.1, 0.15) is 5.56 Å². The van der Waals surface area contributed by atoms with Gasteiger partial charge in [0.2, 0.25) is 0 Å². The first-order valence-corrected chi connectivity index (χ1v) is 7.31. The van der Waals surface area contributed by atoms with Crippen LogP contribution in [0.15, 0.2) is 36.4 Å². The number of hydrogen-bond acceptors (Lipinski definition) is 3. The highest BCUT2D eigenvalue weighted by molar-refractivity contribution is 6.00. The highest BCUT2D eigenvalue weighted by Gasteiger charge is 2.15. The molecule has 0 aliphatic carbocycles. The second-order valence-electron chi connectivity index (χ2n) is 5.72. The molecule has 3 rings (SSSR count). The molecule has 0 N–H and O–H groups in total. The Kier molecular flexibility index (Phi) is 3.53. The van der Waals surface area contributed by atoms with Gasteiger partial charge in [-0.05, 0) is 36.2 Å². The van der Waals surface area contributed by atoms with Crippen LogP contribution in [-0.4, -0.2) is 31.0 Å². The monoisotopic (exact) mass is 295 g/mol. The van der Waals surface area contributed by atoms with Crippen molar-refractivity contribution in [1.82, 2.24) is 9.78 Å². The predicted octanol–water partition coefficient (Wildman–Crippen LogP) is 3.62. The minimum Gasteiger partial charge on any atom is -0.497 e. The number of rotatable bonds is 3. The number of anilines is 1. The molecule has 0 aliphatic heterocycles. The van der Waals surface area contributed by atoms with Gasteiger partial charge in [0.25, 0.3) is 0 Å². The number of fused-ring (bicyclic) bond motifs is 1. The van der Waals surface area contributed by atoms with Crippen LogP contribution in [-0.2, 0) is 7.05 Å². The maximum absolute atomic E-state index is 5.30. The van der Waals surface area contributed by atoms with Gasteiger partial charge in [0, 0.05) is 32.1 Å². The number of ether oxygens (including phenoxy) is 1. The Labute approximate surface area is 130 Å². The van der Waals surface area contributed by atoms with Gasteiger partial charge in [-0.2, -0.15) is 5.10 Å². The van der Waals surface area contributed by atoms with Crippen molar-refractivity contribution in [3.8, 4) is 16.9 Å². The van der Waals surface area contributed by atoms with Gasteiger partial charge in [0.1, 0.15) is 17.1 Å². The summed E-state index contributed by atoms with van der Waals surface area (Å²) >= 11 is 0. The quantitative estimate of drug-likeness (QED) is 0.739. The molecule has 0 unspecified atom stereocenters. The standard InChI is InChI=1S/C18H21N3O/c1-12-11-13(22-5)9-10-14(12)15-7-6-8-16-17(15)19-21(4)18(16)20(2)3/h6-11H,1-5H3. The summed E-state index contributed by atoms with van der Waals surface area (Å²) in [5, 5.41) is 5.91. The minimum absolute atomic E-state index is 0.878. The first-order valence-electron chi connectivity index (χ1n) is 7.31. The summed E-state index contributed by atoms with van der Waals surface area (Å²) in [6, 6.07) is 12.5. The van der Waals surface area contributed by atoms with Gasteiger partial charge < -0.3 is 9.64 Å². The first kappa shape index (κ1) is 14.4. The van der Waals surface area contributed by atoms with Gasteiger partial charge >= 0.3 is 0 Å². The van der Waals surface area contributed by atoms with E-state index in [1.165, 1.54) is 16.5 Å². The lowest BCUT2D eigenvalue weighted by molar-refractivity contribution is 0.414. The fourth-order valence-corrected chi connectivity index (χ4v) is 3.02. The normalized spacial score (nSPS) is 11.0. The third kappa shape index (κ3) is 2.21. The van der Waals surface area contributed by atoms with Crippen LogP contribution in [0.3, 0.4) is 0 Å². The van der Waals surface area contributed by atoms with Crippen molar-refractivity contribution in [2.24, 2.45) is 7.05 Å². The fourth-order valence-electron chi connectivity index (χ4n) is 3.02. The first-order chi connectivity index (χ1) is 10.5. The molecular formula is C18H21N3O. The largest absolute Gasteiger partial charge is 0.497 e. The van der Waals surface area contributed by atoms with Crippen LogP contribution in [0.25, 0.3) is 22.0 Å². The van der Waals surface area contributed by atoms with Crippen molar-refractivity contribution >= 4 is 16.7 Å². The number of hydrogen-bond donors (Lipinski definition) is 0. The molecular weight excluding hydrogens is 274 g/mol.